The Morgan fingerprint density at radius 3 is 2.80 bits per heavy atom. The molecule has 0 bridgehead atoms. The summed E-state index contributed by atoms with van der Waals surface area (Å²) < 4.78 is 13.5. The number of hydrogen-bond donors (Lipinski definition) is 1. The summed E-state index contributed by atoms with van der Waals surface area (Å²) in [6, 6.07) is 6.99. The Bertz CT molecular complexity index is 759. The number of amides is 2. The smallest absolute Gasteiger partial charge is 0.321 e. The predicted octanol–water partition coefficient (Wildman–Crippen LogP) is 2.45. The molecule has 3 rings (SSSR count). The van der Waals surface area contributed by atoms with Crippen molar-refractivity contribution in [1.82, 2.24) is 19.7 Å². The molecule has 0 saturated carbocycles. The van der Waals surface area contributed by atoms with Crippen LogP contribution >= 0.6 is 0 Å². The lowest BCUT2D eigenvalue weighted by Gasteiger charge is -2.32. The maximum absolute atomic E-state index is 12.6. The molecule has 0 radical (unpaired) electrons. The van der Waals surface area contributed by atoms with E-state index in [1.807, 2.05) is 9.47 Å². The van der Waals surface area contributed by atoms with E-state index >= 15 is 0 Å². The Morgan fingerprint density at radius 2 is 2.12 bits per heavy atom. The van der Waals surface area contributed by atoms with Gasteiger partial charge in [-0.1, -0.05) is 0 Å². The summed E-state index contributed by atoms with van der Waals surface area (Å²) in [5, 5.41) is 11.2. The number of carbonyl (C=O) groups excluding carboxylic acids is 1. The highest BCUT2D eigenvalue weighted by Crippen LogP contribution is 2.26. The summed E-state index contributed by atoms with van der Waals surface area (Å²) in [5.41, 5.74) is 0.707. The number of aryl methyl sites for hydroxylation is 1. The van der Waals surface area contributed by atoms with E-state index in [2.05, 4.69) is 22.4 Å². The van der Waals surface area contributed by atoms with Crippen molar-refractivity contribution in [2.75, 3.05) is 24.7 Å². The summed E-state index contributed by atoms with van der Waals surface area (Å²) >= 11 is 0. The third-order valence-electron chi connectivity index (χ3n) is 4.50. The van der Waals surface area contributed by atoms with Gasteiger partial charge < -0.3 is 14.8 Å². The number of benzene rings is 1. The number of nitrogens with zero attached hydrogens (tertiary/aromatic N) is 4. The number of hydrogen-bond acceptors (Lipinski definition) is 4. The average molecular weight is 361 g/mol. The van der Waals surface area contributed by atoms with E-state index in [4.69, 9.17) is 0 Å². The Balaban J connectivity index is 1.64. The van der Waals surface area contributed by atoms with Crippen molar-refractivity contribution in [3.8, 4) is 0 Å². The van der Waals surface area contributed by atoms with E-state index in [1.54, 1.807) is 36.8 Å². The molecular weight excluding hydrogens is 338 g/mol. The fraction of sp³-hybridized carbons (Fsp3) is 0.471. The molecule has 1 aliphatic rings. The topological polar surface area (TPSA) is 80.1 Å². The molecule has 0 aliphatic carbocycles. The van der Waals surface area contributed by atoms with Gasteiger partial charge in [0.25, 0.3) is 0 Å². The van der Waals surface area contributed by atoms with Gasteiger partial charge in [-0.3, -0.25) is 4.21 Å². The quantitative estimate of drug-likeness (QED) is 0.907. The van der Waals surface area contributed by atoms with Crippen LogP contribution in [0.25, 0.3) is 0 Å². The molecule has 2 heterocycles. The summed E-state index contributed by atoms with van der Waals surface area (Å²) in [6.07, 6.45) is 5.34. The van der Waals surface area contributed by atoms with Gasteiger partial charge in [0.15, 0.2) is 0 Å². The van der Waals surface area contributed by atoms with Crippen LogP contribution in [0.1, 0.15) is 31.5 Å². The first kappa shape index (κ1) is 17.6. The van der Waals surface area contributed by atoms with Gasteiger partial charge in [0, 0.05) is 53.2 Å². The second kappa shape index (κ2) is 7.77. The van der Waals surface area contributed by atoms with Gasteiger partial charge in [-0.2, -0.15) is 0 Å². The van der Waals surface area contributed by atoms with Crippen molar-refractivity contribution >= 4 is 22.5 Å². The van der Waals surface area contributed by atoms with Crippen molar-refractivity contribution < 1.29 is 9.00 Å². The van der Waals surface area contributed by atoms with Crippen molar-refractivity contribution in [2.45, 2.75) is 37.1 Å². The number of aromatic nitrogens is 3. The first-order valence-electron chi connectivity index (χ1n) is 8.45. The summed E-state index contributed by atoms with van der Waals surface area (Å²) in [4.78, 5) is 15.1. The number of carbonyl (C=O) groups is 1. The highest BCUT2D eigenvalue weighted by atomic mass is 32.2. The van der Waals surface area contributed by atoms with Gasteiger partial charge in [-0.25, -0.2) is 4.79 Å². The number of likely N-dealkylation sites (tertiary alicyclic amines) is 1. The Hall–Kier alpha value is -2.22. The molecule has 25 heavy (non-hydrogen) atoms. The fourth-order valence-electron chi connectivity index (χ4n) is 3.13. The van der Waals surface area contributed by atoms with E-state index < -0.39 is 10.8 Å². The zero-order valence-corrected chi connectivity index (χ0v) is 15.3. The van der Waals surface area contributed by atoms with Crippen LogP contribution in [-0.2, 0) is 17.3 Å². The van der Waals surface area contributed by atoms with Gasteiger partial charge in [0.05, 0.1) is 0 Å². The zero-order valence-electron chi connectivity index (χ0n) is 14.5. The highest BCUT2D eigenvalue weighted by molar-refractivity contribution is 7.84. The molecule has 1 aliphatic heterocycles. The first-order chi connectivity index (χ1) is 12.1. The Labute approximate surface area is 149 Å². The SMILES string of the molecule is CCn1cnnc1[C@H]1CCCN(C(=O)Nc2ccc([S@@](C)=O)cc2)C1. The standard InChI is InChI=1S/C17H23N5O2S/c1-3-21-12-18-20-16(21)13-5-4-10-22(11-13)17(23)19-14-6-8-15(9-7-14)25(2)24/h6-9,12-13H,3-5,10-11H2,1-2H3,(H,19,23)/t13-,25+/m0/s1. The van der Waals surface area contributed by atoms with E-state index in [-0.39, 0.29) is 11.9 Å². The summed E-state index contributed by atoms with van der Waals surface area (Å²) in [6.45, 7) is 4.27. The highest BCUT2D eigenvalue weighted by Gasteiger charge is 2.27. The second-order valence-electron chi connectivity index (χ2n) is 6.17. The summed E-state index contributed by atoms with van der Waals surface area (Å²) in [7, 11) is -1.02. The maximum Gasteiger partial charge on any atom is 0.321 e. The van der Waals surface area contributed by atoms with Gasteiger partial charge in [0.2, 0.25) is 0 Å². The van der Waals surface area contributed by atoms with E-state index in [0.29, 0.717) is 12.2 Å². The van der Waals surface area contributed by atoms with Crippen LogP contribution in [0.15, 0.2) is 35.5 Å². The monoisotopic (exact) mass is 361 g/mol. The maximum atomic E-state index is 12.6. The van der Waals surface area contributed by atoms with Crippen LogP contribution in [0.5, 0.6) is 0 Å². The average Bonchev–Trinajstić information content (AvgIpc) is 3.11. The van der Waals surface area contributed by atoms with Crippen LogP contribution < -0.4 is 5.32 Å². The van der Waals surface area contributed by atoms with Crippen LogP contribution in [-0.4, -0.2) is 49.2 Å². The molecule has 2 atom stereocenters. The predicted molar refractivity (Wildman–Crippen MR) is 97.0 cm³/mol. The number of anilines is 1. The zero-order chi connectivity index (χ0) is 17.8. The lowest BCUT2D eigenvalue weighted by molar-refractivity contribution is 0.190. The Morgan fingerprint density at radius 1 is 1.36 bits per heavy atom. The van der Waals surface area contributed by atoms with Gasteiger partial charge >= 0.3 is 6.03 Å². The summed E-state index contributed by atoms with van der Waals surface area (Å²) in [5.74, 6) is 1.17. The molecule has 1 aromatic heterocycles. The fourth-order valence-corrected chi connectivity index (χ4v) is 3.65. The first-order valence-corrected chi connectivity index (χ1v) is 10.0. The normalized spacial score (nSPS) is 18.8. The lowest BCUT2D eigenvalue weighted by Crippen LogP contribution is -2.42. The van der Waals surface area contributed by atoms with E-state index in [1.165, 1.54) is 0 Å². The minimum atomic E-state index is -1.02. The van der Waals surface area contributed by atoms with Crippen molar-refractivity contribution in [1.29, 1.82) is 0 Å². The van der Waals surface area contributed by atoms with E-state index in [0.717, 1.165) is 36.7 Å². The molecule has 1 aromatic carbocycles. The second-order valence-corrected chi connectivity index (χ2v) is 7.55. The number of rotatable bonds is 4. The third kappa shape index (κ3) is 4.07. The molecule has 1 N–H and O–H groups in total. The van der Waals surface area contributed by atoms with Gasteiger partial charge in [0.1, 0.15) is 12.2 Å². The third-order valence-corrected chi connectivity index (χ3v) is 5.43. The molecule has 8 heteroatoms. The van der Waals surface area contributed by atoms with Crippen LogP contribution in [0.3, 0.4) is 0 Å². The number of nitrogens with one attached hydrogen (secondary N) is 1. The molecule has 1 fully saturated rings. The van der Waals surface area contributed by atoms with Gasteiger partial charge in [-0.05, 0) is 44.0 Å². The van der Waals surface area contributed by atoms with Crippen LogP contribution in [0.2, 0.25) is 0 Å². The molecule has 2 aromatic rings. The largest absolute Gasteiger partial charge is 0.324 e. The van der Waals surface area contributed by atoms with Crippen molar-refractivity contribution in [3.05, 3.63) is 36.4 Å². The molecule has 134 valence electrons. The van der Waals surface area contributed by atoms with E-state index in [9.17, 15) is 9.00 Å². The molecule has 7 nitrogen and oxygen atoms in total. The molecule has 2 amide bonds. The molecule has 0 unspecified atom stereocenters. The molecule has 0 spiro atoms. The number of piperidine rings is 1. The molecule has 1 saturated heterocycles. The lowest BCUT2D eigenvalue weighted by atomic mass is 9.97. The minimum absolute atomic E-state index is 0.113. The van der Waals surface area contributed by atoms with Gasteiger partial charge in [-0.15, -0.1) is 10.2 Å². The minimum Gasteiger partial charge on any atom is -0.324 e. The van der Waals surface area contributed by atoms with Crippen molar-refractivity contribution in [3.63, 3.8) is 0 Å². The van der Waals surface area contributed by atoms with Crippen molar-refractivity contribution in [2.24, 2.45) is 0 Å². The number of urea groups is 1. The van der Waals surface area contributed by atoms with Crippen LogP contribution in [0, 0.1) is 0 Å². The van der Waals surface area contributed by atoms with Crippen LogP contribution in [0.4, 0.5) is 10.5 Å². The molecular formula is C17H23N5O2S. The Kier molecular flexibility index (Phi) is 5.47.